The van der Waals surface area contributed by atoms with E-state index in [2.05, 4.69) is 0 Å². The molecule has 0 amide bonds. The van der Waals surface area contributed by atoms with Gasteiger partial charge in [0.05, 0.1) is 31.8 Å². The predicted octanol–water partition coefficient (Wildman–Crippen LogP) is 3.85. The summed E-state index contributed by atoms with van der Waals surface area (Å²) >= 11 is 6.07. The molecule has 0 saturated carbocycles. The third kappa shape index (κ3) is 7.12. The van der Waals surface area contributed by atoms with Crippen LogP contribution in [0.2, 0.25) is 5.02 Å². The maximum absolute atomic E-state index is 12.4. The molecule has 0 fully saturated rings. The smallest absolute Gasteiger partial charge is 0.314 e. The van der Waals surface area contributed by atoms with Crippen LogP contribution in [0, 0.1) is 5.41 Å². The minimum Gasteiger partial charge on any atom is -0.466 e. The highest BCUT2D eigenvalue weighted by Crippen LogP contribution is 2.28. The molecule has 3 N–H and O–H groups in total. The molecule has 0 heterocycles. The molecule has 0 aliphatic rings. The number of halogens is 1. The van der Waals surface area contributed by atoms with E-state index in [1.165, 1.54) is 0 Å². The highest BCUT2D eigenvalue weighted by molar-refractivity contribution is 6.30. The van der Waals surface area contributed by atoms with Crippen LogP contribution in [0.25, 0.3) is 11.1 Å². The van der Waals surface area contributed by atoms with Gasteiger partial charge in [-0.2, -0.15) is 0 Å². The molecule has 2 aromatic rings. The quantitative estimate of drug-likeness (QED) is 0.427. The molecule has 0 spiro atoms. The molecule has 0 radical (unpaired) electrons. The number of benzene rings is 2. The first-order chi connectivity index (χ1) is 13.9. The number of aliphatic hydroxyl groups excluding tert-OH is 1. The number of aliphatic hydroxyl groups is 1. The van der Waals surface area contributed by atoms with E-state index >= 15 is 0 Å². The van der Waals surface area contributed by atoms with Gasteiger partial charge in [-0.15, -0.1) is 0 Å². The van der Waals surface area contributed by atoms with Crippen molar-refractivity contribution in [2.24, 2.45) is 11.1 Å². The van der Waals surface area contributed by atoms with Crippen molar-refractivity contribution in [1.29, 1.82) is 0 Å². The Bertz CT molecular complexity index is 781. The van der Waals surface area contributed by atoms with Crippen LogP contribution < -0.4 is 5.73 Å². The summed E-state index contributed by atoms with van der Waals surface area (Å²) < 4.78 is 10.6. The third-order valence-electron chi connectivity index (χ3n) is 4.75. The number of rotatable bonds is 11. The standard InChI is InChI=1S/C23H30ClNO4/c1-3-29-22(27)23(2,16-28-12-11-26)15-21(25)13-17-7-9-18(10-8-17)19-5-4-6-20(24)14-19/h4-10,14,21,26H,3,11-13,15-16,25H2,1-2H3. The zero-order valence-electron chi connectivity index (χ0n) is 17.1. The lowest BCUT2D eigenvalue weighted by molar-refractivity contribution is -0.159. The summed E-state index contributed by atoms with van der Waals surface area (Å²) in [5, 5.41) is 9.63. The van der Waals surface area contributed by atoms with Crippen molar-refractivity contribution < 1.29 is 19.4 Å². The molecule has 0 aliphatic carbocycles. The number of ether oxygens (including phenoxy) is 2. The predicted molar refractivity (Wildman–Crippen MR) is 116 cm³/mol. The summed E-state index contributed by atoms with van der Waals surface area (Å²) in [7, 11) is 0. The van der Waals surface area contributed by atoms with E-state index in [1.54, 1.807) is 13.8 Å². The Morgan fingerprint density at radius 1 is 1.21 bits per heavy atom. The minimum absolute atomic E-state index is 0.0933. The van der Waals surface area contributed by atoms with Gasteiger partial charge in [-0.05, 0) is 55.5 Å². The zero-order chi connectivity index (χ0) is 21.3. The summed E-state index contributed by atoms with van der Waals surface area (Å²) in [5.41, 5.74) is 8.74. The van der Waals surface area contributed by atoms with Crippen molar-refractivity contribution in [3.63, 3.8) is 0 Å². The van der Waals surface area contributed by atoms with Crippen LogP contribution in [0.1, 0.15) is 25.8 Å². The first kappa shape index (κ1) is 23.4. The fraction of sp³-hybridized carbons (Fsp3) is 0.435. The summed E-state index contributed by atoms with van der Waals surface area (Å²) in [5.74, 6) is -0.329. The van der Waals surface area contributed by atoms with Crippen molar-refractivity contribution in [2.45, 2.75) is 32.7 Å². The number of nitrogens with two attached hydrogens (primary N) is 1. The Balaban J connectivity index is 2.03. The van der Waals surface area contributed by atoms with E-state index in [0.717, 1.165) is 16.7 Å². The highest BCUT2D eigenvalue weighted by atomic mass is 35.5. The van der Waals surface area contributed by atoms with Gasteiger partial charge in [0.1, 0.15) is 0 Å². The summed E-state index contributed by atoms with van der Waals surface area (Å²) in [6.07, 6.45) is 1.05. The average Bonchev–Trinajstić information content (AvgIpc) is 2.69. The Morgan fingerprint density at radius 3 is 2.55 bits per heavy atom. The lowest BCUT2D eigenvalue weighted by Gasteiger charge is -2.29. The van der Waals surface area contributed by atoms with E-state index in [9.17, 15) is 4.79 Å². The largest absolute Gasteiger partial charge is 0.466 e. The Morgan fingerprint density at radius 2 is 1.93 bits per heavy atom. The van der Waals surface area contributed by atoms with Gasteiger partial charge in [0, 0.05) is 11.1 Å². The third-order valence-corrected chi connectivity index (χ3v) is 4.98. The van der Waals surface area contributed by atoms with E-state index in [4.69, 9.17) is 31.9 Å². The summed E-state index contributed by atoms with van der Waals surface area (Å²) in [6, 6.07) is 15.7. The molecule has 0 aromatic heterocycles. The molecule has 0 aliphatic heterocycles. The minimum atomic E-state index is -0.856. The van der Waals surface area contributed by atoms with Crippen molar-refractivity contribution >= 4 is 17.6 Å². The van der Waals surface area contributed by atoms with E-state index < -0.39 is 5.41 Å². The Labute approximate surface area is 177 Å². The van der Waals surface area contributed by atoms with Gasteiger partial charge >= 0.3 is 5.97 Å². The molecule has 29 heavy (non-hydrogen) atoms. The molecule has 6 heteroatoms. The average molecular weight is 420 g/mol. The van der Waals surface area contributed by atoms with Gasteiger partial charge in [0.15, 0.2) is 0 Å². The Kier molecular flexibility index (Phi) is 9.11. The molecule has 0 saturated heterocycles. The van der Waals surface area contributed by atoms with Crippen LogP contribution in [-0.4, -0.2) is 43.5 Å². The van der Waals surface area contributed by atoms with Crippen molar-refractivity contribution in [3.8, 4) is 11.1 Å². The first-order valence-electron chi connectivity index (χ1n) is 9.84. The van der Waals surface area contributed by atoms with Gasteiger partial charge in [0.25, 0.3) is 0 Å². The molecule has 5 nitrogen and oxygen atoms in total. The van der Waals surface area contributed by atoms with Crippen LogP contribution in [-0.2, 0) is 20.7 Å². The maximum Gasteiger partial charge on any atom is 0.314 e. The fourth-order valence-corrected chi connectivity index (χ4v) is 3.51. The molecule has 2 unspecified atom stereocenters. The van der Waals surface area contributed by atoms with E-state index in [1.807, 2.05) is 48.5 Å². The normalized spacial score (nSPS) is 14.2. The number of carbonyl (C=O) groups is 1. The Hall–Kier alpha value is -1.92. The van der Waals surface area contributed by atoms with Crippen LogP contribution in [0.5, 0.6) is 0 Å². The van der Waals surface area contributed by atoms with Crippen LogP contribution in [0.4, 0.5) is 0 Å². The fourth-order valence-electron chi connectivity index (χ4n) is 3.32. The van der Waals surface area contributed by atoms with Gasteiger partial charge in [-0.1, -0.05) is 48.0 Å². The topological polar surface area (TPSA) is 81.8 Å². The number of carbonyl (C=O) groups excluding carboxylic acids is 1. The van der Waals surface area contributed by atoms with Crippen molar-refractivity contribution in [1.82, 2.24) is 0 Å². The lowest BCUT2D eigenvalue weighted by atomic mass is 9.82. The molecule has 2 atom stereocenters. The number of esters is 1. The summed E-state index contributed by atoms with van der Waals surface area (Å²) in [4.78, 5) is 12.4. The summed E-state index contributed by atoms with van der Waals surface area (Å²) in [6.45, 7) is 4.11. The number of hydrogen-bond donors (Lipinski definition) is 2. The second kappa shape index (κ2) is 11.3. The van der Waals surface area contributed by atoms with E-state index in [-0.39, 0.29) is 31.8 Å². The SMILES string of the molecule is CCOC(=O)C(C)(COCCO)CC(N)Cc1ccc(-c2cccc(Cl)c2)cc1. The molecular formula is C23H30ClNO4. The van der Waals surface area contributed by atoms with Crippen molar-refractivity contribution in [2.75, 3.05) is 26.4 Å². The second-order valence-electron chi connectivity index (χ2n) is 7.43. The van der Waals surface area contributed by atoms with Gasteiger partial charge in [-0.25, -0.2) is 0 Å². The molecule has 2 rings (SSSR count). The van der Waals surface area contributed by atoms with Gasteiger partial charge < -0.3 is 20.3 Å². The van der Waals surface area contributed by atoms with Gasteiger partial charge in [-0.3, -0.25) is 4.79 Å². The molecule has 0 bridgehead atoms. The number of hydrogen-bond acceptors (Lipinski definition) is 5. The lowest BCUT2D eigenvalue weighted by Crippen LogP contribution is -2.41. The van der Waals surface area contributed by atoms with Crippen LogP contribution in [0.15, 0.2) is 48.5 Å². The van der Waals surface area contributed by atoms with Gasteiger partial charge in [0.2, 0.25) is 0 Å². The molecule has 2 aromatic carbocycles. The van der Waals surface area contributed by atoms with Crippen LogP contribution in [0.3, 0.4) is 0 Å². The maximum atomic E-state index is 12.4. The van der Waals surface area contributed by atoms with Crippen molar-refractivity contribution in [3.05, 3.63) is 59.1 Å². The molecular weight excluding hydrogens is 390 g/mol. The molecule has 158 valence electrons. The highest BCUT2D eigenvalue weighted by Gasteiger charge is 2.37. The zero-order valence-corrected chi connectivity index (χ0v) is 17.8. The second-order valence-corrected chi connectivity index (χ2v) is 7.87. The first-order valence-corrected chi connectivity index (χ1v) is 10.2. The van der Waals surface area contributed by atoms with E-state index in [0.29, 0.717) is 24.5 Å². The van der Waals surface area contributed by atoms with Crippen LogP contribution >= 0.6 is 11.6 Å². The monoisotopic (exact) mass is 419 g/mol.